The molecule has 0 aliphatic carbocycles. The molecule has 0 bridgehead atoms. The summed E-state index contributed by atoms with van der Waals surface area (Å²) >= 11 is 0. The lowest BCUT2D eigenvalue weighted by Gasteiger charge is -2.13. The monoisotopic (exact) mass is 204 g/mol. The Morgan fingerprint density at radius 2 is 2.20 bits per heavy atom. The third-order valence-corrected chi connectivity index (χ3v) is 1.92. The van der Waals surface area contributed by atoms with Crippen LogP contribution in [0, 0.1) is 18.8 Å². The summed E-state index contributed by atoms with van der Waals surface area (Å²) in [6.07, 6.45) is 0. The van der Waals surface area contributed by atoms with Gasteiger partial charge in [0.05, 0.1) is 6.61 Å². The predicted octanol–water partition coefficient (Wildman–Crippen LogP) is 1.74. The van der Waals surface area contributed by atoms with Crippen molar-refractivity contribution in [3.63, 3.8) is 0 Å². The van der Waals surface area contributed by atoms with Crippen LogP contribution in [0.15, 0.2) is 24.3 Å². The Balaban J connectivity index is 2.81. The van der Waals surface area contributed by atoms with E-state index in [1.165, 1.54) is 0 Å². The summed E-state index contributed by atoms with van der Waals surface area (Å²) in [5.74, 6) is 5.71. The van der Waals surface area contributed by atoms with Crippen molar-refractivity contribution in [1.82, 2.24) is 0 Å². The third kappa shape index (κ3) is 4.16. The van der Waals surface area contributed by atoms with E-state index in [1.807, 2.05) is 31.2 Å². The van der Waals surface area contributed by atoms with E-state index in [2.05, 4.69) is 11.8 Å². The lowest BCUT2D eigenvalue weighted by Crippen LogP contribution is -2.27. The van der Waals surface area contributed by atoms with Gasteiger partial charge in [-0.2, -0.15) is 0 Å². The van der Waals surface area contributed by atoms with Crippen LogP contribution in [0.3, 0.4) is 0 Å². The lowest BCUT2D eigenvalue weighted by atomic mass is 10.1. The molecule has 0 radical (unpaired) electrons. The highest BCUT2D eigenvalue weighted by Gasteiger charge is 2.15. The molecule has 0 aromatic heterocycles. The summed E-state index contributed by atoms with van der Waals surface area (Å²) in [7, 11) is 1.54. The van der Waals surface area contributed by atoms with Crippen molar-refractivity contribution >= 4 is 0 Å². The van der Waals surface area contributed by atoms with Gasteiger partial charge in [-0.15, -0.1) is 0 Å². The van der Waals surface area contributed by atoms with Gasteiger partial charge in [-0.3, -0.25) is 0 Å². The van der Waals surface area contributed by atoms with E-state index in [9.17, 15) is 5.11 Å². The van der Waals surface area contributed by atoms with Crippen molar-refractivity contribution in [1.29, 1.82) is 0 Å². The molecule has 0 heterocycles. The molecule has 0 saturated heterocycles. The minimum atomic E-state index is -1.08. The van der Waals surface area contributed by atoms with Crippen LogP contribution in [0.1, 0.15) is 18.1 Å². The van der Waals surface area contributed by atoms with E-state index in [-0.39, 0.29) is 6.61 Å². The Labute approximate surface area is 90.9 Å². The molecule has 1 aromatic rings. The number of hydrogen-bond acceptors (Lipinski definition) is 2. The fraction of sp³-hybridized carbons (Fsp3) is 0.385. The van der Waals surface area contributed by atoms with E-state index in [1.54, 1.807) is 14.0 Å². The van der Waals surface area contributed by atoms with Gasteiger partial charge in [0.2, 0.25) is 0 Å². The maximum atomic E-state index is 9.75. The maximum absolute atomic E-state index is 9.75. The molecule has 0 aliphatic rings. The molecule has 0 spiro atoms. The van der Waals surface area contributed by atoms with E-state index in [4.69, 9.17) is 4.74 Å². The maximum Gasteiger partial charge on any atom is 0.146 e. The molecular formula is C13H16O2. The van der Waals surface area contributed by atoms with E-state index in [0.29, 0.717) is 0 Å². The quantitative estimate of drug-likeness (QED) is 0.744. The molecule has 1 atom stereocenters. The Hall–Kier alpha value is -1.30. The molecule has 0 saturated carbocycles. The van der Waals surface area contributed by atoms with Gasteiger partial charge in [0.25, 0.3) is 0 Å². The van der Waals surface area contributed by atoms with Gasteiger partial charge in [-0.25, -0.2) is 0 Å². The smallest absolute Gasteiger partial charge is 0.146 e. The topological polar surface area (TPSA) is 29.5 Å². The molecule has 1 rings (SSSR count). The first kappa shape index (κ1) is 11.8. The summed E-state index contributed by atoms with van der Waals surface area (Å²) in [5.41, 5.74) is 0.984. The van der Waals surface area contributed by atoms with Crippen LogP contribution in [0.2, 0.25) is 0 Å². The van der Waals surface area contributed by atoms with Gasteiger partial charge in [-0.05, 0) is 31.5 Å². The highest BCUT2D eigenvalue weighted by atomic mass is 16.5. The van der Waals surface area contributed by atoms with Gasteiger partial charge in [-0.1, -0.05) is 24.0 Å². The van der Waals surface area contributed by atoms with Crippen LogP contribution in [-0.4, -0.2) is 24.4 Å². The summed E-state index contributed by atoms with van der Waals surface area (Å²) in [4.78, 5) is 0. The molecule has 2 nitrogen and oxygen atoms in total. The third-order valence-electron chi connectivity index (χ3n) is 1.92. The number of benzene rings is 1. The van der Waals surface area contributed by atoms with Gasteiger partial charge >= 0.3 is 0 Å². The Morgan fingerprint density at radius 1 is 1.47 bits per heavy atom. The minimum Gasteiger partial charge on any atom is -0.381 e. The Morgan fingerprint density at radius 3 is 2.80 bits per heavy atom. The van der Waals surface area contributed by atoms with Crippen LogP contribution in [0.4, 0.5) is 0 Å². The predicted molar refractivity (Wildman–Crippen MR) is 60.6 cm³/mol. The zero-order valence-corrected chi connectivity index (χ0v) is 9.37. The molecule has 1 aromatic carbocycles. The van der Waals surface area contributed by atoms with Crippen LogP contribution in [0.5, 0.6) is 0 Å². The SMILES string of the molecule is COCC(C)(O)C#Cc1cccc(C)c1. The van der Waals surface area contributed by atoms with Crippen LogP contribution >= 0.6 is 0 Å². The summed E-state index contributed by atoms with van der Waals surface area (Å²) < 4.78 is 4.87. The standard InChI is InChI=1S/C13H16O2/c1-11-5-4-6-12(9-11)7-8-13(2,14)10-15-3/h4-6,9,14H,10H2,1-3H3. The second-order valence-electron chi connectivity index (χ2n) is 3.83. The largest absolute Gasteiger partial charge is 0.381 e. The second kappa shape index (κ2) is 4.97. The van der Waals surface area contributed by atoms with E-state index in [0.717, 1.165) is 11.1 Å². The van der Waals surface area contributed by atoms with Crippen LogP contribution in [-0.2, 0) is 4.74 Å². The molecule has 15 heavy (non-hydrogen) atoms. The van der Waals surface area contributed by atoms with Crippen LogP contribution in [0.25, 0.3) is 0 Å². The molecule has 0 amide bonds. The zero-order valence-electron chi connectivity index (χ0n) is 9.37. The summed E-state index contributed by atoms with van der Waals surface area (Å²) in [6, 6.07) is 7.86. The number of aliphatic hydroxyl groups is 1. The number of hydrogen-bond donors (Lipinski definition) is 1. The average molecular weight is 204 g/mol. The Bertz CT molecular complexity index is 383. The van der Waals surface area contributed by atoms with Crippen molar-refractivity contribution < 1.29 is 9.84 Å². The van der Waals surface area contributed by atoms with Gasteiger partial charge in [0.1, 0.15) is 5.60 Å². The number of ether oxygens (including phenoxy) is 1. The lowest BCUT2D eigenvalue weighted by molar-refractivity contribution is 0.0274. The van der Waals surface area contributed by atoms with Crippen molar-refractivity contribution in [3.8, 4) is 11.8 Å². The first-order valence-corrected chi connectivity index (χ1v) is 4.85. The summed E-state index contributed by atoms with van der Waals surface area (Å²) in [5, 5.41) is 9.75. The minimum absolute atomic E-state index is 0.214. The average Bonchev–Trinajstić information content (AvgIpc) is 2.15. The molecule has 2 heteroatoms. The first-order chi connectivity index (χ1) is 7.03. The van der Waals surface area contributed by atoms with Gasteiger partial charge < -0.3 is 9.84 Å². The van der Waals surface area contributed by atoms with E-state index < -0.39 is 5.60 Å². The number of methoxy groups -OCH3 is 1. The fourth-order valence-electron chi connectivity index (χ4n) is 1.25. The van der Waals surface area contributed by atoms with Crippen LogP contribution < -0.4 is 0 Å². The highest BCUT2D eigenvalue weighted by Crippen LogP contribution is 2.05. The van der Waals surface area contributed by atoms with Gasteiger partial charge in [0, 0.05) is 12.7 Å². The van der Waals surface area contributed by atoms with Crippen molar-refractivity contribution in [2.24, 2.45) is 0 Å². The molecular weight excluding hydrogens is 188 g/mol. The molecule has 1 unspecified atom stereocenters. The zero-order chi connectivity index (χ0) is 11.3. The molecule has 0 fully saturated rings. The first-order valence-electron chi connectivity index (χ1n) is 4.85. The van der Waals surface area contributed by atoms with Crippen molar-refractivity contribution in [2.75, 3.05) is 13.7 Å². The second-order valence-corrected chi connectivity index (χ2v) is 3.83. The Kier molecular flexibility index (Phi) is 3.90. The molecule has 80 valence electrons. The summed E-state index contributed by atoms with van der Waals surface area (Å²) in [6.45, 7) is 3.86. The normalized spacial score (nSPS) is 13.9. The van der Waals surface area contributed by atoms with Crippen molar-refractivity contribution in [3.05, 3.63) is 35.4 Å². The van der Waals surface area contributed by atoms with Gasteiger partial charge in [0.15, 0.2) is 0 Å². The highest BCUT2D eigenvalue weighted by molar-refractivity contribution is 5.38. The van der Waals surface area contributed by atoms with E-state index >= 15 is 0 Å². The fourth-order valence-corrected chi connectivity index (χ4v) is 1.25. The molecule has 0 aliphatic heterocycles. The number of rotatable bonds is 2. The number of aryl methyl sites for hydroxylation is 1. The van der Waals surface area contributed by atoms with Crippen molar-refractivity contribution in [2.45, 2.75) is 19.4 Å². The molecule has 1 N–H and O–H groups in total.